The van der Waals surface area contributed by atoms with Gasteiger partial charge in [0, 0.05) is 75.0 Å². The van der Waals surface area contributed by atoms with Crippen molar-refractivity contribution < 1.29 is 0 Å². The number of hydrogen-bond acceptors (Lipinski definition) is 2. The Morgan fingerprint density at radius 2 is 1.02 bits per heavy atom. The molecule has 9 heteroatoms. The summed E-state index contributed by atoms with van der Waals surface area (Å²) in [4.78, 5) is 20.8. The summed E-state index contributed by atoms with van der Waals surface area (Å²) in [6.07, 6.45) is 9.16. The molecular weight excluding hydrogens is 611 g/mol. The molecule has 0 fully saturated rings. The molecule has 0 saturated heterocycles. The molecule has 0 spiro atoms. The van der Waals surface area contributed by atoms with Crippen molar-refractivity contribution in [3.05, 3.63) is 129 Å². The van der Waals surface area contributed by atoms with Gasteiger partial charge in [0.05, 0.1) is 20.6 Å². The van der Waals surface area contributed by atoms with Gasteiger partial charge in [-0.05, 0) is 81.6 Å². The van der Waals surface area contributed by atoms with Crippen LogP contribution in [0.3, 0.4) is 0 Å². The second kappa shape index (κ2) is 13.6. The number of H-pyrrole nitrogens is 4. The molecule has 6 heterocycles. The van der Waals surface area contributed by atoms with Gasteiger partial charge in [-0.1, -0.05) is 59.1 Å². The van der Waals surface area contributed by atoms with Crippen LogP contribution < -0.4 is 0 Å². The maximum atomic E-state index is 5.89. The fourth-order valence-electron chi connectivity index (χ4n) is 4.75. The number of fused-ring (bicyclic) bond motifs is 4. The molecule has 0 aliphatic heterocycles. The van der Waals surface area contributed by atoms with E-state index < -0.39 is 0 Å². The lowest BCUT2D eigenvalue weighted by atomic mass is 10.1. The van der Waals surface area contributed by atoms with E-state index in [1.807, 2.05) is 50.5 Å². The second-order valence-corrected chi connectivity index (χ2v) is 11.9. The molecule has 6 nitrogen and oxygen atoms in total. The number of pyridine rings is 2. The van der Waals surface area contributed by atoms with Gasteiger partial charge < -0.3 is 19.9 Å². The summed E-state index contributed by atoms with van der Waals surface area (Å²) >= 11 is 17.6. The fraction of sp³-hybridized carbons (Fsp3) is 0.143. The van der Waals surface area contributed by atoms with Crippen LogP contribution in [0.25, 0.3) is 43.7 Å². The minimum Gasteiger partial charge on any atom is -0.361 e. The number of benzene rings is 2. The van der Waals surface area contributed by atoms with Crippen LogP contribution in [0.4, 0.5) is 0 Å². The van der Waals surface area contributed by atoms with Gasteiger partial charge >= 0.3 is 0 Å². The number of hydrogen-bond donors (Lipinski definition) is 4. The maximum Gasteiger partial charge on any atom is 0.139 e. The topological polar surface area (TPSA) is 88.9 Å². The van der Waals surface area contributed by atoms with Crippen molar-refractivity contribution >= 4 is 78.5 Å². The first kappa shape index (κ1) is 31.2. The van der Waals surface area contributed by atoms with Crippen molar-refractivity contribution in [3.63, 3.8) is 0 Å². The highest BCUT2D eigenvalue weighted by molar-refractivity contribution is 6.36. The molecule has 8 rings (SSSR count). The zero-order valence-corrected chi connectivity index (χ0v) is 27.4. The van der Waals surface area contributed by atoms with Crippen LogP contribution >= 0.6 is 34.8 Å². The summed E-state index contributed by atoms with van der Waals surface area (Å²) in [5, 5.41) is 6.64. The van der Waals surface area contributed by atoms with Gasteiger partial charge in [-0.3, -0.25) is 4.98 Å². The van der Waals surface area contributed by atoms with Gasteiger partial charge in [-0.15, -0.1) is 0 Å². The largest absolute Gasteiger partial charge is 0.361 e. The van der Waals surface area contributed by atoms with E-state index in [-0.39, 0.29) is 0 Å². The molecule has 0 atom stereocenters. The van der Waals surface area contributed by atoms with Crippen LogP contribution in [0.15, 0.2) is 85.6 Å². The second-order valence-electron chi connectivity index (χ2n) is 10.7. The summed E-state index contributed by atoms with van der Waals surface area (Å²) < 4.78 is 0. The Hall–Kier alpha value is -4.23. The molecule has 6 aromatic heterocycles. The number of aromatic nitrogens is 6. The third-order valence-corrected chi connectivity index (χ3v) is 8.05. The molecule has 4 N–H and O–H groups in total. The van der Waals surface area contributed by atoms with Crippen LogP contribution in [-0.2, 0) is 0 Å². The lowest BCUT2D eigenvalue weighted by molar-refractivity contribution is 1.22. The number of rotatable bonds is 0. The highest BCUT2D eigenvalue weighted by Crippen LogP contribution is 2.24. The van der Waals surface area contributed by atoms with Gasteiger partial charge in [0.2, 0.25) is 0 Å². The van der Waals surface area contributed by atoms with E-state index in [0.29, 0.717) is 0 Å². The maximum absolute atomic E-state index is 5.89. The number of nitrogens with one attached hydrogen (secondary N) is 4. The number of aromatic amines is 4. The summed E-state index contributed by atoms with van der Waals surface area (Å²) in [7, 11) is 0. The van der Waals surface area contributed by atoms with E-state index in [0.717, 1.165) is 59.3 Å². The Morgan fingerprint density at radius 3 is 1.73 bits per heavy atom. The lowest BCUT2D eigenvalue weighted by Crippen LogP contribution is -1.79. The molecule has 224 valence electrons. The first-order chi connectivity index (χ1) is 21.1. The molecule has 0 amide bonds. The third kappa shape index (κ3) is 7.28. The van der Waals surface area contributed by atoms with Crippen molar-refractivity contribution in [2.45, 2.75) is 34.6 Å². The summed E-state index contributed by atoms with van der Waals surface area (Å²) in [5.41, 5.74) is 10.1. The van der Waals surface area contributed by atoms with Crippen LogP contribution in [0.2, 0.25) is 15.1 Å². The predicted molar refractivity (Wildman–Crippen MR) is 187 cm³/mol. The minimum atomic E-state index is 0.729. The molecule has 0 saturated carbocycles. The van der Waals surface area contributed by atoms with Crippen molar-refractivity contribution in [3.8, 4) is 0 Å². The molecule has 0 bridgehead atoms. The zero-order chi connectivity index (χ0) is 31.4. The first-order valence-electron chi connectivity index (χ1n) is 14.1. The molecular formula is C35H33Cl3N6. The Balaban J connectivity index is 0.000000116. The van der Waals surface area contributed by atoms with Gasteiger partial charge in [0.15, 0.2) is 0 Å². The Kier molecular flexibility index (Phi) is 9.64. The number of nitrogens with zero attached hydrogens (tertiary/aromatic N) is 2. The molecule has 44 heavy (non-hydrogen) atoms. The van der Waals surface area contributed by atoms with Crippen molar-refractivity contribution in [2.24, 2.45) is 0 Å². The Morgan fingerprint density at radius 1 is 0.500 bits per heavy atom. The van der Waals surface area contributed by atoms with E-state index >= 15 is 0 Å². The molecule has 0 aliphatic carbocycles. The van der Waals surface area contributed by atoms with Gasteiger partial charge in [0.1, 0.15) is 5.65 Å². The first-order valence-corrected chi connectivity index (χ1v) is 15.2. The van der Waals surface area contributed by atoms with Gasteiger partial charge in [-0.25, -0.2) is 4.98 Å². The summed E-state index contributed by atoms with van der Waals surface area (Å²) in [6, 6.07) is 18.5. The number of aryl methyl sites for hydroxylation is 5. The molecule has 0 radical (unpaired) electrons. The van der Waals surface area contributed by atoms with Crippen LogP contribution in [-0.4, -0.2) is 29.9 Å². The van der Waals surface area contributed by atoms with Crippen LogP contribution in [0.1, 0.15) is 28.1 Å². The smallest absolute Gasteiger partial charge is 0.139 e. The average molecular weight is 644 g/mol. The quantitative estimate of drug-likeness (QED) is 0.132. The number of halogens is 3. The fourth-order valence-corrected chi connectivity index (χ4v) is 5.38. The van der Waals surface area contributed by atoms with Gasteiger partial charge in [0.25, 0.3) is 0 Å². The molecule has 0 unspecified atom stereocenters. The van der Waals surface area contributed by atoms with E-state index in [4.69, 9.17) is 34.8 Å². The predicted octanol–water partition coefficient (Wildman–Crippen LogP) is 11.0. The van der Waals surface area contributed by atoms with Crippen LogP contribution in [0, 0.1) is 34.6 Å². The van der Waals surface area contributed by atoms with E-state index in [2.05, 4.69) is 81.0 Å². The highest BCUT2D eigenvalue weighted by Gasteiger charge is 2.02. The normalized spacial score (nSPS) is 10.7. The van der Waals surface area contributed by atoms with E-state index in [1.54, 1.807) is 18.6 Å². The summed E-state index contributed by atoms with van der Waals surface area (Å²) in [5.74, 6) is 0. The third-order valence-electron chi connectivity index (χ3n) is 7.11. The molecule has 8 aromatic rings. The highest BCUT2D eigenvalue weighted by atomic mass is 35.5. The monoisotopic (exact) mass is 642 g/mol. The summed E-state index contributed by atoms with van der Waals surface area (Å²) in [6.45, 7) is 10.2. The van der Waals surface area contributed by atoms with Gasteiger partial charge in [-0.2, -0.15) is 0 Å². The van der Waals surface area contributed by atoms with E-state index in [9.17, 15) is 0 Å². The Bertz CT molecular complexity index is 1870. The average Bonchev–Trinajstić information content (AvgIpc) is 3.76. The molecule has 2 aromatic carbocycles. The van der Waals surface area contributed by atoms with Crippen molar-refractivity contribution in [1.82, 2.24) is 29.9 Å². The standard InChI is InChI=1S/C10H11N.C9H8ClN.2C8H7ClN2/c1-7-3-4-9-8(2)6-11-10(9)5-7;1-6-2-3-7-8(10)5-11-9(7)4-6;1-5-2-8-6(3-10-5)7(9)4-11-8;1-5-2-3-6-7(9)4-10-8(6)11-5/h3-6,11H,1-2H3;2-5,11H,1H3;2-4,11H,1H3;2-4H,1H3,(H,10,11). The van der Waals surface area contributed by atoms with E-state index in [1.165, 1.54) is 27.6 Å². The SMILES string of the molecule is Cc1cc2[nH]cc(Cl)c2cn1.Cc1ccc2c(C)c[nH]c2c1.Cc1ccc2c(Cl)c[nH]c2c1.Cc1ccc2c(Cl)c[nH]c2n1. The lowest BCUT2D eigenvalue weighted by Gasteiger charge is -1.92. The zero-order valence-electron chi connectivity index (χ0n) is 25.1. The van der Waals surface area contributed by atoms with Crippen molar-refractivity contribution in [1.29, 1.82) is 0 Å². The Labute approximate surface area is 270 Å². The minimum absolute atomic E-state index is 0.729. The molecule has 0 aliphatic rings. The van der Waals surface area contributed by atoms with Crippen LogP contribution in [0.5, 0.6) is 0 Å². The van der Waals surface area contributed by atoms with Crippen molar-refractivity contribution in [2.75, 3.05) is 0 Å².